The topological polar surface area (TPSA) is 54.0 Å². The number of amides is 1. The molecular formula is C15H21N3O. The molecule has 1 unspecified atom stereocenters. The zero-order valence-corrected chi connectivity index (χ0v) is 11.6. The number of pyridine rings is 1. The Balaban J connectivity index is 2.01. The van der Waals surface area contributed by atoms with E-state index in [1.165, 1.54) is 18.4 Å². The fourth-order valence-corrected chi connectivity index (χ4v) is 2.34. The van der Waals surface area contributed by atoms with Crippen molar-refractivity contribution in [3.05, 3.63) is 35.5 Å². The van der Waals surface area contributed by atoms with Crippen molar-refractivity contribution in [2.24, 2.45) is 0 Å². The maximum absolute atomic E-state index is 12.2. The van der Waals surface area contributed by atoms with E-state index in [1.807, 2.05) is 0 Å². The van der Waals surface area contributed by atoms with E-state index in [2.05, 4.69) is 28.6 Å². The molecule has 0 bridgehead atoms. The lowest BCUT2D eigenvalue weighted by Gasteiger charge is -2.21. The van der Waals surface area contributed by atoms with Crippen molar-refractivity contribution >= 4 is 11.7 Å². The molecule has 1 aliphatic carbocycles. The standard InChI is InChI=1S/C15H21N3O/c1-11(12-6-4-3-5-7-12)18-15(19)13-8-9-17-14(10-13)16-2/h6,8-11H,3-5,7H2,1-2H3,(H,16,17)(H,18,19). The normalized spacial score (nSPS) is 16.4. The average molecular weight is 259 g/mol. The Morgan fingerprint density at radius 3 is 2.95 bits per heavy atom. The van der Waals surface area contributed by atoms with Crippen LogP contribution in [0.15, 0.2) is 30.0 Å². The van der Waals surface area contributed by atoms with Gasteiger partial charge in [0.05, 0.1) is 0 Å². The highest BCUT2D eigenvalue weighted by atomic mass is 16.1. The number of carbonyl (C=O) groups excluding carboxylic acids is 1. The van der Waals surface area contributed by atoms with E-state index < -0.39 is 0 Å². The largest absolute Gasteiger partial charge is 0.373 e. The van der Waals surface area contributed by atoms with Crippen LogP contribution in [0.4, 0.5) is 5.82 Å². The molecule has 1 aromatic heterocycles. The van der Waals surface area contributed by atoms with Gasteiger partial charge >= 0.3 is 0 Å². The van der Waals surface area contributed by atoms with Gasteiger partial charge in [0.15, 0.2) is 0 Å². The molecule has 0 spiro atoms. The van der Waals surface area contributed by atoms with Crippen LogP contribution in [0.3, 0.4) is 0 Å². The van der Waals surface area contributed by atoms with Crippen LogP contribution < -0.4 is 10.6 Å². The number of aromatic nitrogens is 1. The lowest BCUT2D eigenvalue weighted by Crippen LogP contribution is -2.34. The van der Waals surface area contributed by atoms with Crippen LogP contribution in [0.25, 0.3) is 0 Å². The molecule has 0 fully saturated rings. The van der Waals surface area contributed by atoms with Crippen molar-refractivity contribution in [2.45, 2.75) is 38.6 Å². The molecule has 1 amide bonds. The summed E-state index contributed by atoms with van der Waals surface area (Å²) >= 11 is 0. The minimum absolute atomic E-state index is 0.0436. The fourth-order valence-electron chi connectivity index (χ4n) is 2.34. The van der Waals surface area contributed by atoms with Crippen molar-refractivity contribution in [1.82, 2.24) is 10.3 Å². The smallest absolute Gasteiger partial charge is 0.251 e. The molecular weight excluding hydrogens is 238 g/mol. The molecule has 4 heteroatoms. The molecule has 1 atom stereocenters. The van der Waals surface area contributed by atoms with Crippen molar-refractivity contribution < 1.29 is 4.79 Å². The molecule has 19 heavy (non-hydrogen) atoms. The number of anilines is 1. The minimum atomic E-state index is -0.0436. The SMILES string of the molecule is CNc1cc(C(=O)NC(C)C2=CCCCC2)ccn1. The first-order valence-corrected chi connectivity index (χ1v) is 6.84. The maximum Gasteiger partial charge on any atom is 0.251 e. The second-order valence-corrected chi connectivity index (χ2v) is 4.90. The lowest BCUT2D eigenvalue weighted by atomic mass is 9.94. The first-order chi connectivity index (χ1) is 9.20. The number of nitrogens with one attached hydrogen (secondary N) is 2. The van der Waals surface area contributed by atoms with Gasteiger partial charge in [-0.05, 0) is 44.7 Å². The number of carbonyl (C=O) groups is 1. The third-order valence-corrected chi connectivity index (χ3v) is 3.51. The van der Waals surface area contributed by atoms with Crippen molar-refractivity contribution in [2.75, 3.05) is 12.4 Å². The molecule has 2 rings (SSSR count). The summed E-state index contributed by atoms with van der Waals surface area (Å²) in [5.41, 5.74) is 1.99. The van der Waals surface area contributed by atoms with Gasteiger partial charge in [-0.15, -0.1) is 0 Å². The third kappa shape index (κ3) is 3.56. The summed E-state index contributed by atoms with van der Waals surface area (Å²) in [7, 11) is 1.79. The van der Waals surface area contributed by atoms with Crippen molar-refractivity contribution in [1.29, 1.82) is 0 Å². The molecule has 0 saturated heterocycles. The minimum Gasteiger partial charge on any atom is -0.373 e. The van der Waals surface area contributed by atoms with Crippen LogP contribution in [0.2, 0.25) is 0 Å². The summed E-state index contributed by atoms with van der Waals surface area (Å²) in [6, 6.07) is 3.61. The van der Waals surface area contributed by atoms with Crippen LogP contribution in [-0.4, -0.2) is 24.0 Å². The van der Waals surface area contributed by atoms with Gasteiger partial charge in [0.25, 0.3) is 5.91 Å². The summed E-state index contributed by atoms with van der Waals surface area (Å²) in [5.74, 6) is 0.662. The second-order valence-electron chi connectivity index (χ2n) is 4.90. The van der Waals surface area contributed by atoms with E-state index in [0.29, 0.717) is 11.4 Å². The molecule has 0 radical (unpaired) electrons. The predicted molar refractivity (Wildman–Crippen MR) is 77.3 cm³/mol. The summed E-state index contributed by atoms with van der Waals surface area (Å²) in [4.78, 5) is 16.3. The van der Waals surface area contributed by atoms with Crippen LogP contribution in [0.5, 0.6) is 0 Å². The molecule has 2 N–H and O–H groups in total. The number of nitrogens with zero attached hydrogens (tertiary/aromatic N) is 1. The Morgan fingerprint density at radius 1 is 1.42 bits per heavy atom. The van der Waals surface area contributed by atoms with E-state index in [0.717, 1.165) is 12.8 Å². The summed E-state index contributed by atoms with van der Waals surface area (Å²) < 4.78 is 0. The lowest BCUT2D eigenvalue weighted by molar-refractivity contribution is 0.0944. The molecule has 4 nitrogen and oxygen atoms in total. The number of rotatable bonds is 4. The first-order valence-electron chi connectivity index (χ1n) is 6.84. The van der Waals surface area contributed by atoms with E-state index in [9.17, 15) is 4.79 Å². The molecule has 0 aliphatic heterocycles. The highest BCUT2D eigenvalue weighted by Gasteiger charge is 2.15. The van der Waals surface area contributed by atoms with Crippen LogP contribution in [0, 0.1) is 0 Å². The summed E-state index contributed by atoms with van der Waals surface area (Å²) in [6.45, 7) is 2.05. The number of hydrogen-bond acceptors (Lipinski definition) is 3. The zero-order valence-electron chi connectivity index (χ0n) is 11.6. The predicted octanol–water partition coefficient (Wildman–Crippen LogP) is 2.74. The van der Waals surface area contributed by atoms with Gasteiger partial charge in [-0.1, -0.05) is 11.6 Å². The van der Waals surface area contributed by atoms with Crippen LogP contribution >= 0.6 is 0 Å². The van der Waals surface area contributed by atoms with Gasteiger partial charge < -0.3 is 10.6 Å². The Kier molecular flexibility index (Phi) is 4.55. The first kappa shape index (κ1) is 13.6. The van der Waals surface area contributed by atoms with Gasteiger partial charge in [-0.3, -0.25) is 4.79 Å². The van der Waals surface area contributed by atoms with E-state index >= 15 is 0 Å². The monoisotopic (exact) mass is 259 g/mol. The zero-order chi connectivity index (χ0) is 13.7. The van der Waals surface area contributed by atoms with Gasteiger partial charge in [0.2, 0.25) is 0 Å². The fraction of sp³-hybridized carbons (Fsp3) is 0.467. The molecule has 0 aromatic carbocycles. The molecule has 1 heterocycles. The number of hydrogen-bond donors (Lipinski definition) is 2. The van der Waals surface area contributed by atoms with Gasteiger partial charge in [-0.2, -0.15) is 0 Å². The molecule has 0 saturated carbocycles. The van der Waals surface area contributed by atoms with Gasteiger partial charge in [0.1, 0.15) is 5.82 Å². The molecule has 102 valence electrons. The molecule has 1 aromatic rings. The Bertz CT molecular complexity index is 482. The highest BCUT2D eigenvalue weighted by molar-refractivity contribution is 5.95. The van der Waals surface area contributed by atoms with Crippen molar-refractivity contribution in [3.8, 4) is 0 Å². The summed E-state index contributed by atoms with van der Waals surface area (Å²) in [6.07, 6.45) is 8.63. The highest BCUT2D eigenvalue weighted by Crippen LogP contribution is 2.20. The number of allylic oxidation sites excluding steroid dienone is 1. The average Bonchev–Trinajstić information content (AvgIpc) is 2.48. The van der Waals surface area contributed by atoms with E-state index in [-0.39, 0.29) is 11.9 Å². The maximum atomic E-state index is 12.2. The van der Waals surface area contributed by atoms with Crippen LogP contribution in [-0.2, 0) is 0 Å². The Morgan fingerprint density at radius 2 is 2.26 bits per heavy atom. The molecule has 1 aliphatic rings. The van der Waals surface area contributed by atoms with E-state index in [1.54, 1.807) is 25.4 Å². The van der Waals surface area contributed by atoms with Gasteiger partial charge in [-0.25, -0.2) is 4.98 Å². The Hall–Kier alpha value is -1.84. The van der Waals surface area contributed by atoms with Gasteiger partial charge in [0, 0.05) is 24.8 Å². The third-order valence-electron chi connectivity index (χ3n) is 3.51. The Labute approximate surface area is 114 Å². The van der Waals surface area contributed by atoms with Crippen LogP contribution in [0.1, 0.15) is 43.0 Å². The quantitative estimate of drug-likeness (QED) is 0.817. The second kappa shape index (κ2) is 6.36. The van der Waals surface area contributed by atoms with E-state index in [4.69, 9.17) is 0 Å². The summed E-state index contributed by atoms with van der Waals surface area (Å²) in [5, 5.41) is 5.99. The van der Waals surface area contributed by atoms with Crippen molar-refractivity contribution in [3.63, 3.8) is 0 Å².